The van der Waals surface area contributed by atoms with Gasteiger partial charge in [-0.1, -0.05) is 50.1 Å². The van der Waals surface area contributed by atoms with Crippen LogP contribution in [-0.2, 0) is 20.8 Å². The third kappa shape index (κ3) is 6.96. The molecule has 0 aromatic heterocycles. The van der Waals surface area contributed by atoms with Gasteiger partial charge < -0.3 is 10.2 Å². The van der Waals surface area contributed by atoms with Crippen molar-refractivity contribution in [2.75, 3.05) is 13.1 Å². The summed E-state index contributed by atoms with van der Waals surface area (Å²) in [6.07, 6.45) is 4.22. The quantitative estimate of drug-likeness (QED) is 0.421. The smallest absolute Gasteiger partial charge is 0.244 e. The van der Waals surface area contributed by atoms with Crippen LogP contribution in [0.3, 0.4) is 0 Å². The predicted octanol–water partition coefficient (Wildman–Crippen LogP) is 2.04. The number of aryl methyl sites for hydroxylation is 1. The normalized spacial score (nSPS) is 17.2. The van der Waals surface area contributed by atoms with E-state index in [4.69, 9.17) is 5.21 Å². The van der Waals surface area contributed by atoms with E-state index in [9.17, 15) is 14.4 Å². The van der Waals surface area contributed by atoms with E-state index >= 15 is 0 Å². The molecule has 1 fully saturated rings. The minimum atomic E-state index is -0.542. The standard InChI is InChI=1S/C21H31N3O4/c1-2-3-9-17(14-20(26)23-28)21(27)24-13-12-18(15-24)22-19(25)11-10-16-7-5-4-6-8-16/h4-8,17-18,28H,2-3,9-15H2,1H3,(H,22,25)(H,23,26)/t17-,18?/m1/s1. The summed E-state index contributed by atoms with van der Waals surface area (Å²) in [5.74, 6) is -1.05. The fourth-order valence-electron chi connectivity index (χ4n) is 3.57. The highest BCUT2D eigenvalue weighted by Gasteiger charge is 2.32. The molecule has 1 aromatic carbocycles. The average Bonchev–Trinajstić information content (AvgIpc) is 3.18. The maximum atomic E-state index is 12.8. The fraction of sp³-hybridized carbons (Fsp3) is 0.571. The molecule has 1 unspecified atom stereocenters. The van der Waals surface area contributed by atoms with E-state index in [0.717, 1.165) is 24.8 Å². The maximum absolute atomic E-state index is 12.8. The van der Waals surface area contributed by atoms with Crippen molar-refractivity contribution in [2.24, 2.45) is 5.92 Å². The molecule has 28 heavy (non-hydrogen) atoms. The minimum absolute atomic E-state index is 0.00894. The Labute approximate surface area is 166 Å². The zero-order chi connectivity index (χ0) is 20.4. The molecule has 7 nitrogen and oxygen atoms in total. The van der Waals surface area contributed by atoms with Crippen LogP contribution in [-0.4, -0.2) is 47.0 Å². The van der Waals surface area contributed by atoms with Crippen LogP contribution in [0.4, 0.5) is 0 Å². The van der Waals surface area contributed by atoms with Crippen LogP contribution >= 0.6 is 0 Å². The average molecular weight is 389 g/mol. The highest BCUT2D eigenvalue weighted by Crippen LogP contribution is 2.20. The topological polar surface area (TPSA) is 98.7 Å². The van der Waals surface area contributed by atoms with Gasteiger partial charge >= 0.3 is 0 Å². The lowest BCUT2D eigenvalue weighted by molar-refractivity contribution is -0.140. The van der Waals surface area contributed by atoms with Crippen LogP contribution in [0.1, 0.15) is 51.0 Å². The van der Waals surface area contributed by atoms with Gasteiger partial charge in [-0.05, 0) is 24.8 Å². The van der Waals surface area contributed by atoms with E-state index in [1.807, 2.05) is 37.3 Å². The predicted molar refractivity (Wildman–Crippen MR) is 105 cm³/mol. The van der Waals surface area contributed by atoms with Crippen LogP contribution in [0, 0.1) is 5.92 Å². The first-order valence-electron chi connectivity index (χ1n) is 10.1. The summed E-state index contributed by atoms with van der Waals surface area (Å²) < 4.78 is 0. The van der Waals surface area contributed by atoms with Gasteiger partial charge in [-0.3, -0.25) is 19.6 Å². The van der Waals surface area contributed by atoms with Gasteiger partial charge in [0.05, 0.1) is 0 Å². The van der Waals surface area contributed by atoms with Gasteiger partial charge in [-0.25, -0.2) is 5.48 Å². The van der Waals surface area contributed by atoms with E-state index in [2.05, 4.69) is 5.32 Å². The number of benzene rings is 1. The summed E-state index contributed by atoms with van der Waals surface area (Å²) in [6, 6.07) is 9.82. The number of carbonyl (C=O) groups excluding carboxylic acids is 3. The first-order valence-corrected chi connectivity index (χ1v) is 10.1. The van der Waals surface area contributed by atoms with Crippen molar-refractivity contribution in [3.63, 3.8) is 0 Å². The monoisotopic (exact) mass is 389 g/mol. The molecule has 154 valence electrons. The lowest BCUT2D eigenvalue weighted by Gasteiger charge is -2.23. The molecule has 3 N–H and O–H groups in total. The Balaban J connectivity index is 1.80. The van der Waals surface area contributed by atoms with Gasteiger partial charge in [0.15, 0.2) is 0 Å². The van der Waals surface area contributed by atoms with Gasteiger partial charge in [0.2, 0.25) is 17.7 Å². The van der Waals surface area contributed by atoms with E-state index in [1.54, 1.807) is 10.4 Å². The van der Waals surface area contributed by atoms with Crippen LogP contribution in [0.25, 0.3) is 0 Å². The summed E-state index contributed by atoms with van der Waals surface area (Å²) in [5, 5.41) is 11.8. The Bertz CT molecular complexity index is 650. The molecule has 1 saturated heterocycles. The zero-order valence-corrected chi connectivity index (χ0v) is 16.5. The van der Waals surface area contributed by atoms with Crippen LogP contribution in [0.15, 0.2) is 30.3 Å². The Hall–Kier alpha value is -2.41. The maximum Gasteiger partial charge on any atom is 0.244 e. The lowest BCUT2D eigenvalue weighted by atomic mass is 9.96. The Morgan fingerprint density at radius 3 is 2.64 bits per heavy atom. The summed E-state index contributed by atoms with van der Waals surface area (Å²) in [6.45, 7) is 3.08. The van der Waals surface area contributed by atoms with E-state index in [-0.39, 0.29) is 24.3 Å². The third-order valence-electron chi connectivity index (χ3n) is 5.16. The number of carbonyl (C=O) groups is 3. The molecule has 1 aliphatic rings. The molecule has 3 amide bonds. The second-order valence-corrected chi connectivity index (χ2v) is 7.40. The van der Waals surface area contributed by atoms with Crippen molar-refractivity contribution in [3.8, 4) is 0 Å². The number of hydrogen-bond donors (Lipinski definition) is 3. The van der Waals surface area contributed by atoms with Crippen molar-refractivity contribution in [3.05, 3.63) is 35.9 Å². The molecule has 0 spiro atoms. The van der Waals surface area contributed by atoms with E-state index in [1.165, 1.54) is 0 Å². The van der Waals surface area contributed by atoms with Crippen LogP contribution in [0.2, 0.25) is 0 Å². The molecule has 1 aromatic rings. The van der Waals surface area contributed by atoms with Crippen molar-refractivity contribution in [1.82, 2.24) is 15.7 Å². The molecule has 7 heteroatoms. The number of hydroxylamine groups is 1. The van der Waals surface area contributed by atoms with Crippen molar-refractivity contribution < 1.29 is 19.6 Å². The number of rotatable bonds is 10. The SMILES string of the molecule is CCCC[C@H](CC(=O)NO)C(=O)N1CCC(NC(=O)CCc2ccccc2)C1. The van der Waals surface area contributed by atoms with Gasteiger partial charge in [0.1, 0.15) is 0 Å². The molecular formula is C21H31N3O4. The molecule has 1 heterocycles. The van der Waals surface area contributed by atoms with Gasteiger partial charge in [-0.15, -0.1) is 0 Å². The Morgan fingerprint density at radius 1 is 1.21 bits per heavy atom. The molecule has 2 atom stereocenters. The Kier molecular flexibility index (Phi) is 8.94. The highest BCUT2D eigenvalue weighted by atomic mass is 16.5. The van der Waals surface area contributed by atoms with E-state index in [0.29, 0.717) is 32.4 Å². The minimum Gasteiger partial charge on any atom is -0.352 e. The summed E-state index contributed by atoms with van der Waals surface area (Å²) in [4.78, 5) is 38.3. The van der Waals surface area contributed by atoms with Crippen LogP contribution in [0.5, 0.6) is 0 Å². The lowest BCUT2D eigenvalue weighted by Crippen LogP contribution is -2.41. The molecular weight excluding hydrogens is 358 g/mol. The largest absolute Gasteiger partial charge is 0.352 e. The number of hydrogen-bond acceptors (Lipinski definition) is 4. The van der Waals surface area contributed by atoms with Crippen molar-refractivity contribution in [2.45, 2.75) is 57.9 Å². The second-order valence-electron chi connectivity index (χ2n) is 7.40. The number of nitrogens with one attached hydrogen (secondary N) is 2. The fourth-order valence-corrected chi connectivity index (χ4v) is 3.57. The molecule has 0 bridgehead atoms. The van der Waals surface area contributed by atoms with Crippen molar-refractivity contribution in [1.29, 1.82) is 0 Å². The molecule has 0 aliphatic carbocycles. The summed E-state index contributed by atoms with van der Waals surface area (Å²) in [7, 11) is 0. The van der Waals surface area contributed by atoms with Crippen molar-refractivity contribution >= 4 is 17.7 Å². The van der Waals surface area contributed by atoms with Gasteiger partial charge in [0, 0.05) is 37.9 Å². The number of unbranched alkanes of at least 4 members (excludes halogenated alkanes) is 1. The van der Waals surface area contributed by atoms with E-state index < -0.39 is 11.8 Å². The number of likely N-dealkylation sites (tertiary alicyclic amines) is 1. The first kappa shape index (κ1) is 21.9. The zero-order valence-electron chi connectivity index (χ0n) is 16.5. The Morgan fingerprint density at radius 2 is 1.96 bits per heavy atom. The van der Waals surface area contributed by atoms with Gasteiger partial charge in [-0.2, -0.15) is 0 Å². The molecule has 0 radical (unpaired) electrons. The molecule has 1 aliphatic heterocycles. The third-order valence-corrected chi connectivity index (χ3v) is 5.16. The second kappa shape index (κ2) is 11.4. The van der Waals surface area contributed by atoms with Gasteiger partial charge in [0.25, 0.3) is 0 Å². The summed E-state index contributed by atoms with van der Waals surface area (Å²) in [5.41, 5.74) is 2.74. The van der Waals surface area contributed by atoms with Crippen LogP contribution < -0.4 is 10.8 Å². The molecule has 0 saturated carbocycles. The molecule has 2 rings (SSSR count). The first-order chi connectivity index (χ1) is 13.5. The number of nitrogens with zero attached hydrogens (tertiary/aromatic N) is 1. The summed E-state index contributed by atoms with van der Waals surface area (Å²) >= 11 is 0. The highest BCUT2D eigenvalue weighted by molar-refractivity contribution is 5.85. The number of amides is 3.